The lowest BCUT2D eigenvalue weighted by atomic mass is 9.83. The fraction of sp³-hybridized carbons (Fsp3) is 0.500. The van der Waals surface area contributed by atoms with Crippen LogP contribution in [0.5, 0.6) is 0 Å². The molecule has 4 amide bonds. The van der Waals surface area contributed by atoms with Crippen molar-refractivity contribution in [3.63, 3.8) is 0 Å². The number of amides is 4. The summed E-state index contributed by atoms with van der Waals surface area (Å²) in [5.74, 6) is -3.13. The lowest BCUT2D eigenvalue weighted by Crippen LogP contribution is -2.59. The molecule has 0 saturated carbocycles. The molecule has 1 fully saturated rings. The molecule has 1 aromatic carbocycles. The first-order valence-corrected chi connectivity index (χ1v) is 9.76. The van der Waals surface area contributed by atoms with Gasteiger partial charge in [0.2, 0.25) is 11.8 Å². The van der Waals surface area contributed by atoms with E-state index in [4.69, 9.17) is 0 Å². The van der Waals surface area contributed by atoms with Gasteiger partial charge in [-0.25, -0.2) is 0 Å². The highest BCUT2D eigenvalue weighted by molar-refractivity contribution is 6.06. The van der Waals surface area contributed by atoms with Crippen molar-refractivity contribution in [2.24, 2.45) is 5.41 Å². The average Bonchev–Trinajstić information content (AvgIpc) is 2.99. The number of piperidine rings is 1. The molecule has 0 aliphatic carbocycles. The number of imide groups is 1. The Morgan fingerprint density at radius 1 is 1.12 bits per heavy atom. The third-order valence-electron chi connectivity index (χ3n) is 5.84. The van der Waals surface area contributed by atoms with Gasteiger partial charge in [0.25, 0.3) is 11.8 Å². The van der Waals surface area contributed by atoms with Crippen molar-refractivity contribution in [1.82, 2.24) is 15.5 Å². The molecule has 2 aliphatic heterocycles. The highest BCUT2D eigenvalue weighted by Crippen LogP contribution is 2.45. The standard InChI is InChI=1S/C20H19F6N3O4/c1-18(2,20(24,25)26)17(19(21,22)23)28-14(31)9-3-4-11-10(7-9)8-29(16(11)33)12-5-6-13(30)27-15(12)32/h3-4,7,12,17H,5-6,8H2,1-2H3,(H,28,31)(H,27,30,32). The summed E-state index contributed by atoms with van der Waals surface area (Å²) in [6, 6.07) is -0.874. The van der Waals surface area contributed by atoms with Gasteiger partial charge in [-0.1, -0.05) is 0 Å². The first-order chi connectivity index (χ1) is 15.0. The van der Waals surface area contributed by atoms with Crippen molar-refractivity contribution in [3.05, 3.63) is 34.9 Å². The highest BCUT2D eigenvalue weighted by Gasteiger charge is 2.61. The molecule has 2 heterocycles. The van der Waals surface area contributed by atoms with E-state index in [9.17, 15) is 45.5 Å². The van der Waals surface area contributed by atoms with Crippen LogP contribution < -0.4 is 10.6 Å². The van der Waals surface area contributed by atoms with Crippen molar-refractivity contribution >= 4 is 23.6 Å². The Morgan fingerprint density at radius 3 is 2.30 bits per heavy atom. The van der Waals surface area contributed by atoms with Crippen molar-refractivity contribution < 1.29 is 45.5 Å². The van der Waals surface area contributed by atoms with E-state index in [1.54, 1.807) is 0 Å². The van der Waals surface area contributed by atoms with E-state index < -0.39 is 53.5 Å². The fourth-order valence-electron chi connectivity index (χ4n) is 3.77. The zero-order chi connectivity index (χ0) is 24.9. The van der Waals surface area contributed by atoms with E-state index in [0.29, 0.717) is 13.8 Å². The Bertz CT molecular complexity index is 1020. The van der Waals surface area contributed by atoms with Gasteiger partial charge in [0.1, 0.15) is 12.1 Å². The summed E-state index contributed by atoms with van der Waals surface area (Å²) in [5.41, 5.74) is -3.37. The van der Waals surface area contributed by atoms with Gasteiger partial charge in [-0.2, -0.15) is 26.3 Å². The summed E-state index contributed by atoms with van der Waals surface area (Å²) < 4.78 is 79.8. The molecule has 2 N–H and O–H groups in total. The van der Waals surface area contributed by atoms with Gasteiger partial charge in [0.15, 0.2) is 0 Å². The Kier molecular flexibility index (Phi) is 5.97. The normalized spacial score (nSPS) is 20.4. The molecule has 1 saturated heterocycles. The fourth-order valence-corrected chi connectivity index (χ4v) is 3.77. The minimum Gasteiger partial charge on any atom is -0.340 e. The van der Waals surface area contributed by atoms with Gasteiger partial charge < -0.3 is 10.2 Å². The molecule has 7 nitrogen and oxygen atoms in total. The van der Waals surface area contributed by atoms with E-state index in [1.807, 2.05) is 0 Å². The van der Waals surface area contributed by atoms with Crippen LogP contribution in [0.1, 0.15) is 53.0 Å². The number of fused-ring (bicyclic) bond motifs is 1. The largest absolute Gasteiger partial charge is 0.409 e. The maximum Gasteiger partial charge on any atom is 0.409 e. The number of rotatable bonds is 4. The second kappa shape index (κ2) is 8.03. The summed E-state index contributed by atoms with van der Waals surface area (Å²) in [6.07, 6.45) is -10.5. The average molecular weight is 479 g/mol. The van der Waals surface area contributed by atoms with Gasteiger partial charge in [0, 0.05) is 24.1 Å². The molecule has 0 bridgehead atoms. The molecule has 0 aromatic heterocycles. The number of carbonyl (C=O) groups is 4. The summed E-state index contributed by atoms with van der Waals surface area (Å²) in [5, 5.41) is 3.54. The Hall–Kier alpha value is -3.12. The van der Waals surface area contributed by atoms with Crippen LogP contribution in [0.4, 0.5) is 26.3 Å². The number of nitrogens with one attached hydrogen (secondary N) is 2. The van der Waals surface area contributed by atoms with Crippen LogP contribution in [0.25, 0.3) is 0 Å². The highest BCUT2D eigenvalue weighted by atomic mass is 19.4. The van der Waals surface area contributed by atoms with Crippen LogP contribution in [0.2, 0.25) is 0 Å². The molecule has 2 unspecified atom stereocenters. The van der Waals surface area contributed by atoms with E-state index in [-0.39, 0.29) is 36.1 Å². The van der Waals surface area contributed by atoms with Crippen LogP contribution in [-0.4, -0.2) is 53.0 Å². The first-order valence-electron chi connectivity index (χ1n) is 9.76. The SMILES string of the molecule is CC(C)(C(NC(=O)c1ccc2c(c1)CN(C1CCC(=O)NC1=O)C2=O)C(F)(F)F)C(F)(F)F. The van der Waals surface area contributed by atoms with Crippen molar-refractivity contribution in [1.29, 1.82) is 0 Å². The zero-order valence-electron chi connectivity index (χ0n) is 17.4. The lowest BCUT2D eigenvalue weighted by Gasteiger charge is -2.37. The number of hydrogen-bond donors (Lipinski definition) is 2. The van der Waals surface area contributed by atoms with Crippen molar-refractivity contribution in [2.75, 3.05) is 0 Å². The topological polar surface area (TPSA) is 95.6 Å². The second-order valence-electron chi connectivity index (χ2n) is 8.44. The number of carbonyl (C=O) groups excluding carboxylic acids is 4. The van der Waals surface area contributed by atoms with E-state index in [2.05, 4.69) is 5.32 Å². The number of nitrogens with zero attached hydrogens (tertiary/aromatic N) is 1. The molecule has 33 heavy (non-hydrogen) atoms. The monoisotopic (exact) mass is 479 g/mol. The Morgan fingerprint density at radius 2 is 1.76 bits per heavy atom. The molecular weight excluding hydrogens is 460 g/mol. The van der Waals surface area contributed by atoms with Crippen molar-refractivity contribution in [3.8, 4) is 0 Å². The second-order valence-corrected chi connectivity index (χ2v) is 8.44. The zero-order valence-corrected chi connectivity index (χ0v) is 17.4. The van der Waals surface area contributed by atoms with E-state index >= 15 is 0 Å². The molecular formula is C20H19F6N3O4. The summed E-state index contributed by atoms with van der Waals surface area (Å²) in [4.78, 5) is 49.6. The van der Waals surface area contributed by atoms with Gasteiger partial charge in [-0.15, -0.1) is 0 Å². The van der Waals surface area contributed by atoms with Gasteiger partial charge in [0.05, 0.1) is 5.41 Å². The molecule has 2 aliphatic rings. The molecule has 0 spiro atoms. The minimum absolute atomic E-state index is 0.0119. The van der Waals surface area contributed by atoms with Crippen molar-refractivity contribution in [2.45, 2.75) is 57.7 Å². The third kappa shape index (κ3) is 4.53. The van der Waals surface area contributed by atoms with Gasteiger partial charge >= 0.3 is 12.4 Å². The maximum atomic E-state index is 13.4. The van der Waals surface area contributed by atoms with Gasteiger partial charge in [-0.3, -0.25) is 24.5 Å². The summed E-state index contributed by atoms with van der Waals surface area (Å²) >= 11 is 0. The Labute approximate surface area is 183 Å². The predicted molar refractivity (Wildman–Crippen MR) is 99.6 cm³/mol. The van der Waals surface area contributed by atoms with Crippen LogP contribution in [0.15, 0.2) is 18.2 Å². The molecule has 180 valence electrons. The number of hydrogen-bond acceptors (Lipinski definition) is 4. The smallest absolute Gasteiger partial charge is 0.340 e. The van der Waals surface area contributed by atoms with E-state index in [0.717, 1.165) is 18.2 Å². The Balaban J connectivity index is 1.83. The summed E-state index contributed by atoms with van der Waals surface area (Å²) in [7, 11) is 0. The van der Waals surface area contributed by atoms with Crippen LogP contribution in [-0.2, 0) is 16.1 Å². The minimum atomic E-state index is -5.38. The number of alkyl halides is 6. The molecule has 3 rings (SSSR count). The molecule has 2 atom stereocenters. The molecule has 13 heteroatoms. The van der Waals surface area contributed by atoms with Crippen LogP contribution >= 0.6 is 0 Å². The predicted octanol–water partition coefficient (Wildman–Crippen LogP) is 2.70. The molecule has 0 radical (unpaired) electrons. The number of benzene rings is 1. The maximum absolute atomic E-state index is 13.4. The number of halogens is 6. The lowest BCUT2D eigenvalue weighted by molar-refractivity contribution is -0.267. The van der Waals surface area contributed by atoms with Crippen LogP contribution in [0.3, 0.4) is 0 Å². The van der Waals surface area contributed by atoms with Crippen LogP contribution in [0, 0.1) is 5.41 Å². The first kappa shape index (κ1) is 24.5. The quantitative estimate of drug-likeness (QED) is 0.513. The summed E-state index contributed by atoms with van der Waals surface area (Å²) in [6.45, 7) is 0.521. The molecule has 1 aromatic rings. The third-order valence-corrected chi connectivity index (χ3v) is 5.84. The van der Waals surface area contributed by atoms with Gasteiger partial charge in [-0.05, 0) is 44.0 Å². The van der Waals surface area contributed by atoms with E-state index in [1.165, 1.54) is 10.2 Å².